The Morgan fingerprint density at radius 1 is 1.05 bits per heavy atom. The summed E-state index contributed by atoms with van der Waals surface area (Å²) < 4.78 is 30.6. The fraction of sp³-hybridized carbons (Fsp3) is 0.355. The normalized spacial score (nSPS) is 18.5. The summed E-state index contributed by atoms with van der Waals surface area (Å²) in [6, 6.07) is 15.2. The van der Waals surface area contributed by atoms with Crippen molar-refractivity contribution in [3.63, 3.8) is 0 Å². The van der Waals surface area contributed by atoms with Gasteiger partial charge in [-0.3, -0.25) is 9.69 Å². The van der Waals surface area contributed by atoms with Crippen molar-refractivity contribution in [1.29, 1.82) is 0 Å². The van der Waals surface area contributed by atoms with Gasteiger partial charge in [0, 0.05) is 36.9 Å². The predicted molar refractivity (Wildman–Crippen MR) is 156 cm³/mol. The van der Waals surface area contributed by atoms with Crippen LogP contribution in [0.4, 0.5) is 20.6 Å². The van der Waals surface area contributed by atoms with Crippen molar-refractivity contribution >= 4 is 23.3 Å². The molecule has 10 nitrogen and oxygen atoms in total. The van der Waals surface area contributed by atoms with Crippen LogP contribution in [-0.4, -0.2) is 72.5 Å². The van der Waals surface area contributed by atoms with Gasteiger partial charge in [0.15, 0.2) is 11.5 Å². The molecule has 0 aliphatic carbocycles. The minimum atomic E-state index is -0.544. The Balaban J connectivity index is 1.34. The van der Waals surface area contributed by atoms with Crippen molar-refractivity contribution in [3.8, 4) is 17.2 Å². The summed E-state index contributed by atoms with van der Waals surface area (Å²) in [5.41, 5.74) is 2.16. The first-order valence-corrected chi connectivity index (χ1v) is 13.8. The predicted octanol–water partition coefficient (Wildman–Crippen LogP) is 4.55. The highest BCUT2D eigenvalue weighted by atomic mass is 19.1. The van der Waals surface area contributed by atoms with Crippen molar-refractivity contribution in [2.24, 2.45) is 5.92 Å². The van der Waals surface area contributed by atoms with Crippen LogP contribution in [0.1, 0.15) is 29.8 Å². The van der Waals surface area contributed by atoms with Crippen LogP contribution in [0, 0.1) is 11.7 Å². The van der Waals surface area contributed by atoms with Crippen LogP contribution >= 0.6 is 0 Å². The molecular formula is C31H35FN4O6. The molecule has 5 rings (SSSR count). The summed E-state index contributed by atoms with van der Waals surface area (Å²) in [4.78, 5) is 30.1. The van der Waals surface area contributed by atoms with Gasteiger partial charge in [-0.1, -0.05) is 13.0 Å². The third-order valence-electron chi connectivity index (χ3n) is 7.41. The molecular weight excluding hydrogens is 543 g/mol. The molecule has 0 radical (unpaired) electrons. The van der Waals surface area contributed by atoms with E-state index in [1.54, 1.807) is 30.0 Å². The maximum Gasteiger partial charge on any atom is 0.323 e. The number of halogens is 1. The van der Waals surface area contributed by atoms with Crippen molar-refractivity contribution in [2.45, 2.75) is 32.5 Å². The van der Waals surface area contributed by atoms with E-state index in [0.29, 0.717) is 36.8 Å². The largest absolute Gasteiger partial charge is 0.488 e. The maximum atomic E-state index is 13.7. The average molecular weight is 579 g/mol. The highest BCUT2D eigenvalue weighted by Gasteiger charge is 2.33. The fourth-order valence-corrected chi connectivity index (χ4v) is 5.07. The number of carbonyl (C=O) groups is 2. The molecule has 11 heteroatoms. The average Bonchev–Trinajstić information content (AvgIpc) is 3.44. The monoisotopic (exact) mass is 578 g/mol. The zero-order valence-electron chi connectivity index (χ0n) is 23.8. The van der Waals surface area contributed by atoms with Gasteiger partial charge in [-0.2, -0.15) is 0 Å². The molecule has 0 unspecified atom stereocenters. The number of carbonyl (C=O) groups excluding carboxylic acids is 2. The third-order valence-corrected chi connectivity index (χ3v) is 7.41. The Labute approximate surface area is 244 Å². The Kier molecular flexibility index (Phi) is 8.79. The molecule has 0 fully saturated rings. The molecule has 2 heterocycles. The molecule has 3 N–H and O–H groups in total. The van der Waals surface area contributed by atoms with E-state index in [2.05, 4.69) is 15.5 Å². The Bertz CT molecular complexity index is 1440. The Morgan fingerprint density at radius 3 is 2.50 bits per heavy atom. The summed E-state index contributed by atoms with van der Waals surface area (Å²) >= 11 is 0. The van der Waals surface area contributed by atoms with Crippen LogP contribution in [0.2, 0.25) is 0 Å². The number of hydrogen-bond donors (Lipinski definition) is 3. The van der Waals surface area contributed by atoms with Gasteiger partial charge in [-0.15, -0.1) is 0 Å². The van der Waals surface area contributed by atoms with E-state index in [4.69, 9.17) is 14.2 Å². The van der Waals surface area contributed by atoms with Gasteiger partial charge < -0.3 is 34.9 Å². The molecule has 0 saturated heterocycles. The minimum absolute atomic E-state index is 0.0467. The standard InChI is InChI=1S/C31H35FN4O6/c1-19-14-36(20(2)17-37)30(38)25-13-24(34-31(39)33-23-7-5-22(32)6-8-23)9-11-26(25)42-29(19)16-35(3)15-21-4-10-27-28(12-21)41-18-40-27/h4-13,19-20,29,37H,14-18H2,1-3H3,(H2,33,34,39)/t19-,20-,29-/m1/s1. The summed E-state index contributed by atoms with van der Waals surface area (Å²) in [7, 11) is 2.01. The second-order valence-corrected chi connectivity index (χ2v) is 10.8. The van der Waals surface area contributed by atoms with E-state index in [1.165, 1.54) is 24.3 Å². The van der Waals surface area contributed by atoms with Crippen molar-refractivity contribution < 1.29 is 33.3 Å². The van der Waals surface area contributed by atoms with Crippen LogP contribution in [0.15, 0.2) is 60.7 Å². The molecule has 3 amide bonds. The van der Waals surface area contributed by atoms with Gasteiger partial charge in [0.25, 0.3) is 5.91 Å². The summed E-state index contributed by atoms with van der Waals surface area (Å²) in [6.45, 7) is 5.46. The molecule has 3 aromatic rings. The van der Waals surface area contributed by atoms with E-state index < -0.39 is 17.9 Å². The number of fused-ring (bicyclic) bond motifs is 2. The van der Waals surface area contributed by atoms with Gasteiger partial charge in [0.05, 0.1) is 18.2 Å². The number of rotatable bonds is 8. The lowest BCUT2D eigenvalue weighted by atomic mass is 9.99. The SMILES string of the molecule is C[C@@H]1CN([C@H](C)CO)C(=O)c2cc(NC(=O)Nc3ccc(F)cc3)ccc2O[C@@H]1CN(C)Cc1ccc2c(c1)OCO2. The van der Waals surface area contributed by atoms with Crippen LogP contribution in [-0.2, 0) is 6.54 Å². The zero-order chi connectivity index (χ0) is 29.8. The minimum Gasteiger partial charge on any atom is -0.488 e. The number of nitrogens with zero attached hydrogens (tertiary/aromatic N) is 2. The van der Waals surface area contributed by atoms with E-state index in [0.717, 1.165) is 17.1 Å². The molecule has 3 atom stereocenters. The molecule has 0 aromatic heterocycles. The highest BCUT2D eigenvalue weighted by molar-refractivity contribution is 6.02. The molecule has 222 valence electrons. The number of ether oxygens (including phenoxy) is 3. The summed E-state index contributed by atoms with van der Waals surface area (Å²) in [5.74, 6) is 1.11. The van der Waals surface area contributed by atoms with Gasteiger partial charge in [-0.05, 0) is 74.1 Å². The smallest absolute Gasteiger partial charge is 0.323 e. The number of urea groups is 1. The highest BCUT2D eigenvalue weighted by Crippen LogP contribution is 2.34. The first-order valence-electron chi connectivity index (χ1n) is 13.8. The van der Waals surface area contributed by atoms with Gasteiger partial charge in [-0.25, -0.2) is 9.18 Å². The Hall–Kier alpha value is -4.35. The second kappa shape index (κ2) is 12.7. The first kappa shape index (κ1) is 29.2. The van der Waals surface area contributed by atoms with Crippen LogP contribution in [0.3, 0.4) is 0 Å². The van der Waals surface area contributed by atoms with Gasteiger partial charge in [0.2, 0.25) is 6.79 Å². The first-order chi connectivity index (χ1) is 20.2. The Morgan fingerprint density at radius 2 is 1.74 bits per heavy atom. The van der Waals surface area contributed by atoms with Gasteiger partial charge in [0.1, 0.15) is 17.7 Å². The quantitative estimate of drug-likeness (QED) is 0.360. The molecule has 2 aliphatic heterocycles. The van der Waals surface area contributed by atoms with Crippen LogP contribution in [0.5, 0.6) is 17.2 Å². The number of nitrogens with one attached hydrogen (secondary N) is 2. The van der Waals surface area contributed by atoms with E-state index in [1.807, 2.05) is 32.2 Å². The van der Waals surface area contributed by atoms with E-state index in [-0.39, 0.29) is 36.9 Å². The van der Waals surface area contributed by atoms with E-state index >= 15 is 0 Å². The molecule has 0 saturated carbocycles. The van der Waals surface area contributed by atoms with Crippen molar-refractivity contribution in [2.75, 3.05) is 44.2 Å². The molecule has 0 spiro atoms. The lowest BCUT2D eigenvalue weighted by Crippen LogP contribution is -2.49. The number of likely N-dealkylation sites (N-methyl/N-ethyl adjacent to an activating group) is 1. The van der Waals surface area contributed by atoms with E-state index in [9.17, 15) is 19.1 Å². The van der Waals surface area contributed by atoms with Crippen molar-refractivity contribution in [1.82, 2.24) is 9.80 Å². The molecule has 0 bridgehead atoms. The van der Waals surface area contributed by atoms with Crippen LogP contribution < -0.4 is 24.8 Å². The maximum absolute atomic E-state index is 13.7. The van der Waals surface area contributed by atoms with Gasteiger partial charge >= 0.3 is 6.03 Å². The number of hydrogen-bond acceptors (Lipinski definition) is 7. The zero-order valence-corrected chi connectivity index (χ0v) is 23.8. The summed E-state index contributed by atoms with van der Waals surface area (Å²) in [5, 5.41) is 15.3. The topological polar surface area (TPSA) is 113 Å². The summed E-state index contributed by atoms with van der Waals surface area (Å²) in [6.07, 6.45) is -0.273. The molecule has 3 aromatic carbocycles. The van der Waals surface area contributed by atoms with Crippen LogP contribution in [0.25, 0.3) is 0 Å². The van der Waals surface area contributed by atoms with Crippen molar-refractivity contribution in [3.05, 3.63) is 77.6 Å². The number of benzene rings is 3. The second-order valence-electron chi connectivity index (χ2n) is 10.8. The number of aliphatic hydroxyl groups excluding tert-OH is 1. The number of amides is 3. The number of aliphatic hydroxyl groups is 1. The lowest BCUT2D eigenvalue weighted by Gasteiger charge is -2.38. The molecule has 2 aliphatic rings. The lowest BCUT2D eigenvalue weighted by molar-refractivity contribution is 0.0341. The fourth-order valence-electron chi connectivity index (χ4n) is 5.07. The third kappa shape index (κ3) is 6.75. The number of anilines is 2. The molecule has 42 heavy (non-hydrogen) atoms.